The summed E-state index contributed by atoms with van der Waals surface area (Å²) in [5.74, 6) is 1.10. The van der Waals surface area contributed by atoms with Crippen molar-refractivity contribution < 1.29 is 13.6 Å². The molecule has 3 fully saturated rings. The van der Waals surface area contributed by atoms with Gasteiger partial charge >= 0.3 is 6.03 Å². The summed E-state index contributed by atoms with van der Waals surface area (Å²) in [5, 5.41) is 6.58. The van der Waals surface area contributed by atoms with Crippen molar-refractivity contribution in [1.82, 2.24) is 20.4 Å². The molecule has 154 valence electrons. The SMILES string of the molecule is O=C1NC2CN(Cc3ccc(-c4ccccc4F)o3)CCC2N1C1CCNCC1. The number of halogens is 1. The largest absolute Gasteiger partial charge is 0.460 e. The number of nitrogens with zero attached hydrogens (tertiary/aromatic N) is 2. The normalized spacial score (nSPS) is 25.8. The minimum absolute atomic E-state index is 0.0913. The molecule has 0 saturated carbocycles. The Kier molecular flexibility index (Phi) is 5.01. The van der Waals surface area contributed by atoms with E-state index in [0.717, 1.165) is 51.2 Å². The molecule has 0 radical (unpaired) electrons. The number of nitrogens with one attached hydrogen (secondary N) is 2. The molecule has 2 unspecified atom stereocenters. The summed E-state index contributed by atoms with van der Waals surface area (Å²) in [4.78, 5) is 17.1. The Morgan fingerprint density at radius 2 is 1.93 bits per heavy atom. The lowest BCUT2D eigenvalue weighted by Crippen LogP contribution is -2.53. The average Bonchev–Trinajstić information content (AvgIpc) is 3.32. The Labute approximate surface area is 170 Å². The van der Waals surface area contributed by atoms with E-state index in [1.54, 1.807) is 12.1 Å². The number of amides is 2. The molecule has 2 aromatic rings. The summed E-state index contributed by atoms with van der Waals surface area (Å²) in [6.45, 7) is 4.38. The first-order valence-electron chi connectivity index (χ1n) is 10.5. The van der Waals surface area contributed by atoms with Gasteiger partial charge in [0.15, 0.2) is 0 Å². The molecular weight excluding hydrogens is 371 g/mol. The Bertz CT molecular complexity index is 879. The number of likely N-dealkylation sites (tertiary alicyclic amines) is 1. The lowest BCUT2D eigenvalue weighted by Gasteiger charge is -2.40. The fraction of sp³-hybridized carbons (Fsp3) is 0.500. The van der Waals surface area contributed by atoms with Gasteiger partial charge in [-0.25, -0.2) is 9.18 Å². The molecule has 6 nitrogen and oxygen atoms in total. The van der Waals surface area contributed by atoms with Gasteiger partial charge in [-0.1, -0.05) is 12.1 Å². The zero-order chi connectivity index (χ0) is 19.8. The fourth-order valence-corrected chi connectivity index (χ4v) is 5.02. The minimum atomic E-state index is -0.277. The fourth-order valence-electron chi connectivity index (χ4n) is 5.02. The summed E-state index contributed by atoms with van der Waals surface area (Å²) in [7, 11) is 0. The van der Waals surface area contributed by atoms with Crippen molar-refractivity contribution >= 4 is 6.03 Å². The number of hydrogen-bond donors (Lipinski definition) is 2. The quantitative estimate of drug-likeness (QED) is 0.832. The van der Waals surface area contributed by atoms with Crippen LogP contribution in [0.4, 0.5) is 9.18 Å². The van der Waals surface area contributed by atoms with Crippen LogP contribution in [-0.2, 0) is 6.54 Å². The molecule has 4 heterocycles. The van der Waals surface area contributed by atoms with Crippen LogP contribution in [0.2, 0.25) is 0 Å². The van der Waals surface area contributed by atoms with Gasteiger partial charge in [0.2, 0.25) is 0 Å². The van der Waals surface area contributed by atoms with Crippen molar-refractivity contribution in [1.29, 1.82) is 0 Å². The highest BCUT2D eigenvalue weighted by Gasteiger charge is 2.45. The number of carbonyl (C=O) groups is 1. The predicted molar refractivity (Wildman–Crippen MR) is 108 cm³/mol. The van der Waals surface area contributed by atoms with E-state index in [4.69, 9.17) is 4.42 Å². The summed E-state index contributed by atoms with van der Waals surface area (Å²) < 4.78 is 19.9. The van der Waals surface area contributed by atoms with Gasteiger partial charge in [-0.2, -0.15) is 0 Å². The van der Waals surface area contributed by atoms with Crippen LogP contribution in [0.5, 0.6) is 0 Å². The summed E-state index contributed by atoms with van der Waals surface area (Å²) >= 11 is 0. The van der Waals surface area contributed by atoms with Crippen molar-refractivity contribution in [3.05, 3.63) is 48.0 Å². The molecule has 2 atom stereocenters. The van der Waals surface area contributed by atoms with Crippen LogP contribution in [-0.4, -0.2) is 60.1 Å². The molecule has 1 aromatic heterocycles. The number of piperidine rings is 2. The van der Waals surface area contributed by atoms with E-state index in [9.17, 15) is 9.18 Å². The molecule has 1 aromatic carbocycles. The average molecular weight is 398 g/mol. The zero-order valence-electron chi connectivity index (χ0n) is 16.4. The Morgan fingerprint density at radius 3 is 2.76 bits per heavy atom. The number of rotatable bonds is 4. The molecule has 3 aliphatic heterocycles. The first kappa shape index (κ1) is 18.6. The predicted octanol–water partition coefficient (Wildman–Crippen LogP) is 2.81. The molecule has 3 saturated heterocycles. The highest BCUT2D eigenvalue weighted by atomic mass is 19.1. The maximum absolute atomic E-state index is 14.0. The molecule has 0 bridgehead atoms. The topological polar surface area (TPSA) is 60.8 Å². The summed E-state index contributed by atoms with van der Waals surface area (Å²) in [6.07, 6.45) is 3.03. The third-order valence-electron chi connectivity index (χ3n) is 6.44. The number of benzene rings is 1. The molecule has 0 spiro atoms. The molecular formula is C22H27FN4O2. The monoisotopic (exact) mass is 398 g/mol. The van der Waals surface area contributed by atoms with E-state index in [1.807, 2.05) is 18.2 Å². The van der Waals surface area contributed by atoms with Crippen LogP contribution >= 0.6 is 0 Å². The molecule has 3 aliphatic rings. The van der Waals surface area contributed by atoms with Crippen LogP contribution in [0.3, 0.4) is 0 Å². The second-order valence-electron chi connectivity index (χ2n) is 8.28. The van der Waals surface area contributed by atoms with Crippen LogP contribution < -0.4 is 10.6 Å². The van der Waals surface area contributed by atoms with Gasteiger partial charge in [-0.3, -0.25) is 4.90 Å². The second-order valence-corrected chi connectivity index (χ2v) is 8.28. The maximum atomic E-state index is 14.0. The number of carbonyl (C=O) groups excluding carboxylic acids is 1. The number of urea groups is 1. The molecule has 0 aliphatic carbocycles. The van der Waals surface area contributed by atoms with Gasteiger partial charge in [0.05, 0.1) is 24.2 Å². The molecule has 2 N–H and O–H groups in total. The van der Waals surface area contributed by atoms with Gasteiger partial charge < -0.3 is 20.0 Å². The smallest absolute Gasteiger partial charge is 0.318 e. The van der Waals surface area contributed by atoms with Crippen molar-refractivity contribution in [2.75, 3.05) is 26.2 Å². The lowest BCUT2D eigenvalue weighted by atomic mass is 9.96. The van der Waals surface area contributed by atoms with Gasteiger partial charge in [0.1, 0.15) is 17.3 Å². The molecule has 5 rings (SSSR count). The Morgan fingerprint density at radius 1 is 1.10 bits per heavy atom. The van der Waals surface area contributed by atoms with Crippen LogP contribution in [0.25, 0.3) is 11.3 Å². The third-order valence-corrected chi connectivity index (χ3v) is 6.44. The second kappa shape index (κ2) is 7.80. The number of furan rings is 1. The highest BCUT2D eigenvalue weighted by molar-refractivity contribution is 5.78. The van der Waals surface area contributed by atoms with Crippen molar-refractivity contribution in [3.8, 4) is 11.3 Å². The summed E-state index contributed by atoms with van der Waals surface area (Å²) in [6, 6.07) is 11.3. The van der Waals surface area contributed by atoms with Crippen molar-refractivity contribution in [2.45, 2.75) is 43.9 Å². The lowest BCUT2D eigenvalue weighted by molar-refractivity contribution is 0.100. The van der Waals surface area contributed by atoms with Gasteiger partial charge in [-0.05, 0) is 56.6 Å². The van der Waals surface area contributed by atoms with Crippen LogP contribution in [0, 0.1) is 5.82 Å². The van der Waals surface area contributed by atoms with Gasteiger partial charge in [0.25, 0.3) is 0 Å². The minimum Gasteiger partial charge on any atom is -0.460 e. The maximum Gasteiger partial charge on any atom is 0.318 e. The number of fused-ring (bicyclic) bond motifs is 1. The van der Waals surface area contributed by atoms with E-state index in [0.29, 0.717) is 23.9 Å². The highest BCUT2D eigenvalue weighted by Crippen LogP contribution is 2.30. The third kappa shape index (κ3) is 3.65. The Hall–Kier alpha value is -2.38. The standard InChI is InChI=1S/C22H27FN4O2/c23-18-4-2-1-3-17(18)21-6-5-16(29-21)13-26-12-9-20-19(14-26)25-22(28)27(20)15-7-10-24-11-8-15/h1-6,15,19-20,24H,7-14H2,(H,25,28). The molecule has 29 heavy (non-hydrogen) atoms. The van der Waals surface area contributed by atoms with Crippen molar-refractivity contribution in [2.24, 2.45) is 0 Å². The van der Waals surface area contributed by atoms with Gasteiger partial charge in [-0.15, -0.1) is 0 Å². The van der Waals surface area contributed by atoms with E-state index in [-0.39, 0.29) is 23.9 Å². The van der Waals surface area contributed by atoms with Crippen LogP contribution in [0.1, 0.15) is 25.0 Å². The van der Waals surface area contributed by atoms with Gasteiger partial charge in [0, 0.05) is 19.1 Å². The van der Waals surface area contributed by atoms with Crippen molar-refractivity contribution in [3.63, 3.8) is 0 Å². The van der Waals surface area contributed by atoms with Crippen LogP contribution in [0.15, 0.2) is 40.8 Å². The molecule has 2 amide bonds. The molecule has 7 heteroatoms. The summed E-state index contributed by atoms with van der Waals surface area (Å²) in [5.41, 5.74) is 0.484. The van der Waals surface area contributed by atoms with E-state index >= 15 is 0 Å². The van der Waals surface area contributed by atoms with E-state index in [2.05, 4.69) is 20.4 Å². The first-order valence-corrected chi connectivity index (χ1v) is 10.5. The zero-order valence-corrected chi connectivity index (χ0v) is 16.4. The van der Waals surface area contributed by atoms with E-state index < -0.39 is 0 Å². The Balaban J connectivity index is 1.23. The van der Waals surface area contributed by atoms with E-state index in [1.165, 1.54) is 6.07 Å². The number of hydrogen-bond acceptors (Lipinski definition) is 4. The first-order chi connectivity index (χ1) is 14.2.